The van der Waals surface area contributed by atoms with Crippen LogP contribution in [0.3, 0.4) is 0 Å². The van der Waals surface area contributed by atoms with Gasteiger partial charge >= 0.3 is 0 Å². The summed E-state index contributed by atoms with van der Waals surface area (Å²) < 4.78 is 0. The summed E-state index contributed by atoms with van der Waals surface area (Å²) in [4.78, 5) is 0. The van der Waals surface area contributed by atoms with Crippen molar-refractivity contribution in [3.63, 3.8) is 0 Å². The third-order valence-electron chi connectivity index (χ3n) is 3.70. The Balaban J connectivity index is 2.72. The van der Waals surface area contributed by atoms with Crippen molar-refractivity contribution in [3.05, 3.63) is 33.8 Å². The van der Waals surface area contributed by atoms with Crippen LogP contribution < -0.4 is 5.32 Å². The molecule has 1 nitrogen and oxygen atoms in total. The lowest BCUT2D eigenvalue weighted by molar-refractivity contribution is 0.288. The fourth-order valence-corrected chi connectivity index (χ4v) is 2.55. The highest BCUT2D eigenvalue weighted by molar-refractivity contribution is 6.35. The Morgan fingerprint density at radius 3 is 2.12 bits per heavy atom. The van der Waals surface area contributed by atoms with Crippen molar-refractivity contribution in [2.24, 2.45) is 0 Å². The largest absolute Gasteiger partial charge is 0.307 e. The number of hydrogen-bond acceptors (Lipinski definition) is 1. The Kier molecular flexibility index (Phi) is 5.78. The zero-order valence-electron chi connectivity index (χ0n) is 10.8. The molecule has 0 atom stereocenters. The van der Waals surface area contributed by atoms with Crippen LogP contribution in [0.25, 0.3) is 0 Å². The molecule has 0 radical (unpaired) electrons. The molecule has 0 saturated carbocycles. The molecule has 0 bridgehead atoms. The number of rotatable bonds is 6. The van der Waals surface area contributed by atoms with Crippen LogP contribution in [0.15, 0.2) is 18.2 Å². The summed E-state index contributed by atoms with van der Waals surface area (Å²) in [5, 5.41) is 5.06. The van der Waals surface area contributed by atoms with E-state index in [4.69, 9.17) is 23.2 Å². The highest BCUT2D eigenvalue weighted by Gasteiger charge is 2.22. The number of hydrogen-bond donors (Lipinski definition) is 1. The van der Waals surface area contributed by atoms with E-state index in [-0.39, 0.29) is 5.54 Å². The molecule has 0 aliphatic carbocycles. The molecule has 0 aromatic heterocycles. The molecule has 17 heavy (non-hydrogen) atoms. The maximum Gasteiger partial charge on any atom is 0.0465 e. The maximum absolute atomic E-state index is 6.16. The molecule has 3 heteroatoms. The lowest BCUT2D eigenvalue weighted by Gasteiger charge is -2.32. The van der Waals surface area contributed by atoms with Gasteiger partial charge in [-0.25, -0.2) is 0 Å². The summed E-state index contributed by atoms with van der Waals surface area (Å²) in [5.41, 5.74) is 1.33. The van der Waals surface area contributed by atoms with Crippen molar-refractivity contribution in [2.45, 2.75) is 52.1 Å². The van der Waals surface area contributed by atoms with Gasteiger partial charge in [0.05, 0.1) is 0 Å². The first kappa shape index (κ1) is 14.8. The van der Waals surface area contributed by atoms with E-state index in [2.05, 4.69) is 26.1 Å². The van der Waals surface area contributed by atoms with Crippen LogP contribution in [0, 0.1) is 0 Å². The van der Waals surface area contributed by atoms with Crippen molar-refractivity contribution in [3.8, 4) is 0 Å². The van der Waals surface area contributed by atoms with Gasteiger partial charge in [-0.1, -0.05) is 50.0 Å². The molecule has 1 rings (SSSR count). The van der Waals surface area contributed by atoms with Gasteiger partial charge in [0.15, 0.2) is 0 Å². The Morgan fingerprint density at radius 1 is 1.06 bits per heavy atom. The minimum absolute atomic E-state index is 0.225. The zero-order chi connectivity index (χ0) is 12.9. The number of halogens is 2. The Hall–Kier alpha value is -0.240. The second-order valence-electron chi connectivity index (χ2n) is 4.43. The van der Waals surface area contributed by atoms with E-state index in [0.29, 0.717) is 5.02 Å². The van der Waals surface area contributed by atoms with Crippen molar-refractivity contribution in [1.29, 1.82) is 0 Å². The van der Waals surface area contributed by atoms with Crippen LogP contribution in [-0.4, -0.2) is 5.54 Å². The molecule has 0 heterocycles. The quantitative estimate of drug-likeness (QED) is 0.765. The van der Waals surface area contributed by atoms with Gasteiger partial charge in [0.25, 0.3) is 0 Å². The second kappa shape index (κ2) is 6.63. The van der Waals surface area contributed by atoms with Crippen molar-refractivity contribution < 1.29 is 0 Å². The lowest BCUT2D eigenvalue weighted by Crippen LogP contribution is -2.43. The molecular weight excluding hydrogens is 253 g/mol. The van der Waals surface area contributed by atoms with E-state index in [0.717, 1.165) is 36.4 Å². The predicted molar refractivity (Wildman–Crippen MR) is 76.9 cm³/mol. The van der Waals surface area contributed by atoms with Crippen LogP contribution in [0.4, 0.5) is 0 Å². The van der Waals surface area contributed by atoms with Crippen LogP contribution in [-0.2, 0) is 6.54 Å². The van der Waals surface area contributed by atoms with E-state index < -0.39 is 0 Å². The summed E-state index contributed by atoms with van der Waals surface area (Å²) >= 11 is 12.0. The smallest absolute Gasteiger partial charge is 0.0465 e. The Morgan fingerprint density at radius 2 is 1.65 bits per heavy atom. The molecule has 1 aromatic rings. The first-order valence-electron chi connectivity index (χ1n) is 6.26. The molecule has 0 aliphatic rings. The minimum atomic E-state index is 0.225. The average molecular weight is 274 g/mol. The zero-order valence-corrected chi connectivity index (χ0v) is 12.3. The number of nitrogens with one attached hydrogen (secondary N) is 1. The van der Waals surface area contributed by atoms with E-state index in [9.17, 15) is 0 Å². The van der Waals surface area contributed by atoms with Gasteiger partial charge in [0.2, 0.25) is 0 Å². The van der Waals surface area contributed by atoms with E-state index in [1.807, 2.05) is 12.1 Å². The Bertz CT molecular complexity index is 351. The van der Waals surface area contributed by atoms with E-state index in [1.54, 1.807) is 6.07 Å². The van der Waals surface area contributed by atoms with Crippen LogP contribution in [0.5, 0.6) is 0 Å². The minimum Gasteiger partial charge on any atom is -0.307 e. The summed E-state index contributed by atoms with van der Waals surface area (Å²) in [6.07, 6.45) is 3.39. The molecule has 0 saturated heterocycles. The molecule has 1 N–H and O–H groups in total. The first-order chi connectivity index (χ1) is 8.06. The number of benzene rings is 1. The molecular formula is C14H21Cl2N. The SMILES string of the molecule is CCC(CC)(CC)NCc1ccc(Cl)cc1Cl. The summed E-state index contributed by atoms with van der Waals surface area (Å²) in [5.74, 6) is 0. The fourth-order valence-electron chi connectivity index (χ4n) is 2.07. The van der Waals surface area contributed by atoms with Crippen LogP contribution in [0.1, 0.15) is 45.6 Å². The van der Waals surface area contributed by atoms with Gasteiger partial charge in [-0.05, 0) is 37.0 Å². The molecule has 0 aliphatic heterocycles. The highest BCUT2D eigenvalue weighted by Crippen LogP contribution is 2.24. The third kappa shape index (κ3) is 3.87. The summed E-state index contributed by atoms with van der Waals surface area (Å²) in [6, 6.07) is 5.67. The molecule has 0 amide bonds. The molecule has 96 valence electrons. The normalized spacial score (nSPS) is 11.8. The summed E-state index contributed by atoms with van der Waals surface area (Å²) in [6.45, 7) is 7.47. The van der Waals surface area contributed by atoms with Gasteiger partial charge in [-0.15, -0.1) is 0 Å². The topological polar surface area (TPSA) is 12.0 Å². The van der Waals surface area contributed by atoms with E-state index >= 15 is 0 Å². The van der Waals surface area contributed by atoms with Gasteiger partial charge in [-0.3, -0.25) is 0 Å². The average Bonchev–Trinajstić information content (AvgIpc) is 2.33. The first-order valence-corrected chi connectivity index (χ1v) is 7.01. The molecule has 1 aromatic carbocycles. The van der Waals surface area contributed by atoms with Crippen molar-refractivity contribution >= 4 is 23.2 Å². The monoisotopic (exact) mass is 273 g/mol. The van der Waals surface area contributed by atoms with Gasteiger partial charge in [0.1, 0.15) is 0 Å². The van der Waals surface area contributed by atoms with Crippen molar-refractivity contribution in [2.75, 3.05) is 0 Å². The Labute approximate surface area is 115 Å². The highest BCUT2D eigenvalue weighted by atomic mass is 35.5. The fraction of sp³-hybridized carbons (Fsp3) is 0.571. The molecule has 0 spiro atoms. The molecule has 0 unspecified atom stereocenters. The van der Waals surface area contributed by atoms with Crippen molar-refractivity contribution in [1.82, 2.24) is 5.32 Å². The standard InChI is InChI=1S/C14H21Cl2N/c1-4-14(5-2,6-3)17-10-11-7-8-12(15)9-13(11)16/h7-9,17H,4-6,10H2,1-3H3. The van der Waals surface area contributed by atoms with Crippen LogP contribution >= 0.6 is 23.2 Å². The summed E-state index contributed by atoms with van der Waals surface area (Å²) in [7, 11) is 0. The second-order valence-corrected chi connectivity index (χ2v) is 5.27. The van der Waals surface area contributed by atoms with Gasteiger partial charge in [0, 0.05) is 22.1 Å². The van der Waals surface area contributed by atoms with Gasteiger partial charge < -0.3 is 5.32 Å². The van der Waals surface area contributed by atoms with Gasteiger partial charge in [-0.2, -0.15) is 0 Å². The van der Waals surface area contributed by atoms with E-state index in [1.165, 1.54) is 0 Å². The maximum atomic E-state index is 6.16. The third-order valence-corrected chi connectivity index (χ3v) is 4.29. The predicted octanol–water partition coefficient (Wildman–Crippen LogP) is 5.05. The lowest BCUT2D eigenvalue weighted by atomic mass is 9.89. The molecule has 0 fully saturated rings. The van der Waals surface area contributed by atoms with Crippen LogP contribution in [0.2, 0.25) is 10.0 Å².